The van der Waals surface area contributed by atoms with E-state index in [0.717, 1.165) is 0 Å². The maximum absolute atomic E-state index is 12.7. The lowest BCUT2D eigenvalue weighted by Crippen LogP contribution is -2.34. The van der Waals surface area contributed by atoms with Crippen LogP contribution < -0.4 is 16.4 Å². The molecular weight excluding hydrogens is 322 g/mol. The number of rotatable bonds is 5. The van der Waals surface area contributed by atoms with E-state index < -0.39 is 5.91 Å². The zero-order chi connectivity index (χ0) is 18.0. The number of fused-ring (bicyclic) bond motifs is 2. The maximum Gasteiger partial charge on any atom is 0.267 e. The molecule has 8 nitrogen and oxygen atoms in total. The van der Waals surface area contributed by atoms with E-state index in [4.69, 9.17) is 10.1 Å². The SMILES string of the molecule is COCCCNC(=O)c1cc2c(=O)n3ccccc3nc2n(C)c1=N. The molecule has 0 aromatic carbocycles. The number of carbonyl (C=O) groups is 1. The standard InChI is InChI=1S/C17H19N5O3/c1-21-14(18)11(16(23)19-7-5-9-25-2)10-12-15(21)20-13-6-3-4-8-22(13)17(12)24/h3-4,6,8,10,18H,5,7,9H2,1-2H3,(H,19,23). The van der Waals surface area contributed by atoms with Gasteiger partial charge in [0, 0.05) is 33.5 Å². The summed E-state index contributed by atoms with van der Waals surface area (Å²) in [5.74, 6) is -0.392. The molecule has 3 aromatic rings. The van der Waals surface area contributed by atoms with Gasteiger partial charge in [0.25, 0.3) is 11.5 Å². The highest BCUT2D eigenvalue weighted by Gasteiger charge is 2.15. The first-order chi connectivity index (χ1) is 12.0. The van der Waals surface area contributed by atoms with Gasteiger partial charge in [-0.15, -0.1) is 0 Å². The predicted molar refractivity (Wildman–Crippen MR) is 92.6 cm³/mol. The summed E-state index contributed by atoms with van der Waals surface area (Å²) >= 11 is 0. The number of carbonyl (C=O) groups excluding carboxylic acids is 1. The number of amides is 1. The van der Waals surface area contributed by atoms with Crippen LogP contribution >= 0.6 is 0 Å². The number of ether oxygens (including phenoxy) is 1. The van der Waals surface area contributed by atoms with E-state index in [-0.39, 0.29) is 16.6 Å². The summed E-state index contributed by atoms with van der Waals surface area (Å²) < 4.78 is 7.82. The minimum atomic E-state index is -0.392. The Morgan fingerprint density at radius 2 is 2.20 bits per heavy atom. The summed E-state index contributed by atoms with van der Waals surface area (Å²) in [4.78, 5) is 29.6. The first kappa shape index (κ1) is 16.8. The number of aromatic nitrogens is 3. The van der Waals surface area contributed by atoms with Crippen LogP contribution in [0.25, 0.3) is 16.7 Å². The molecule has 130 valence electrons. The van der Waals surface area contributed by atoms with Crippen LogP contribution in [-0.4, -0.2) is 40.1 Å². The van der Waals surface area contributed by atoms with Crippen molar-refractivity contribution in [1.82, 2.24) is 19.3 Å². The lowest BCUT2D eigenvalue weighted by atomic mass is 10.2. The molecule has 3 heterocycles. The summed E-state index contributed by atoms with van der Waals surface area (Å²) in [5.41, 5.74) is 0.736. The van der Waals surface area contributed by atoms with Crippen molar-refractivity contribution in [2.45, 2.75) is 6.42 Å². The van der Waals surface area contributed by atoms with Gasteiger partial charge >= 0.3 is 0 Å². The number of methoxy groups -OCH3 is 1. The van der Waals surface area contributed by atoms with Crippen LogP contribution in [0, 0.1) is 5.41 Å². The van der Waals surface area contributed by atoms with Gasteiger partial charge < -0.3 is 14.6 Å². The molecule has 0 saturated heterocycles. The van der Waals surface area contributed by atoms with Crippen molar-refractivity contribution in [3.8, 4) is 0 Å². The molecule has 0 radical (unpaired) electrons. The van der Waals surface area contributed by atoms with Gasteiger partial charge in [0.15, 0.2) is 0 Å². The third kappa shape index (κ3) is 3.03. The summed E-state index contributed by atoms with van der Waals surface area (Å²) in [5, 5.41) is 11.3. The zero-order valence-corrected chi connectivity index (χ0v) is 14.1. The van der Waals surface area contributed by atoms with E-state index in [2.05, 4.69) is 10.3 Å². The monoisotopic (exact) mass is 341 g/mol. The van der Waals surface area contributed by atoms with Gasteiger partial charge in [0.2, 0.25) is 0 Å². The summed E-state index contributed by atoms with van der Waals surface area (Å²) in [7, 11) is 3.22. The quantitative estimate of drug-likeness (QED) is 0.519. The molecule has 0 atom stereocenters. The van der Waals surface area contributed by atoms with Crippen molar-refractivity contribution in [2.24, 2.45) is 7.05 Å². The molecule has 25 heavy (non-hydrogen) atoms. The minimum Gasteiger partial charge on any atom is -0.385 e. The average molecular weight is 341 g/mol. The van der Waals surface area contributed by atoms with Crippen molar-refractivity contribution in [3.63, 3.8) is 0 Å². The number of pyridine rings is 2. The van der Waals surface area contributed by atoms with Gasteiger partial charge in [-0.25, -0.2) is 4.98 Å². The Hall–Kier alpha value is -3.00. The fourth-order valence-corrected chi connectivity index (χ4v) is 2.66. The molecule has 0 fully saturated rings. The maximum atomic E-state index is 12.7. The van der Waals surface area contributed by atoms with Crippen molar-refractivity contribution in [3.05, 3.63) is 51.9 Å². The second-order valence-electron chi connectivity index (χ2n) is 5.65. The van der Waals surface area contributed by atoms with Crippen LogP contribution in [0.4, 0.5) is 0 Å². The van der Waals surface area contributed by atoms with Gasteiger partial charge in [-0.2, -0.15) is 0 Å². The Morgan fingerprint density at radius 3 is 2.96 bits per heavy atom. The third-order valence-electron chi connectivity index (χ3n) is 4.00. The van der Waals surface area contributed by atoms with Gasteiger partial charge in [0.05, 0.1) is 10.9 Å². The van der Waals surface area contributed by atoms with Crippen LogP contribution in [0.2, 0.25) is 0 Å². The van der Waals surface area contributed by atoms with E-state index in [1.54, 1.807) is 38.6 Å². The van der Waals surface area contributed by atoms with Gasteiger partial charge in [-0.1, -0.05) is 6.07 Å². The molecule has 1 amide bonds. The summed E-state index contributed by atoms with van der Waals surface area (Å²) in [6, 6.07) is 6.69. The van der Waals surface area contributed by atoms with Crippen LogP contribution in [0.15, 0.2) is 35.3 Å². The van der Waals surface area contributed by atoms with Gasteiger partial charge in [0.1, 0.15) is 16.8 Å². The predicted octanol–water partition coefficient (Wildman–Crippen LogP) is 0.432. The van der Waals surface area contributed by atoms with Crippen LogP contribution in [-0.2, 0) is 11.8 Å². The third-order valence-corrected chi connectivity index (χ3v) is 4.00. The molecule has 0 aliphatic carbocycles. The summed E-state index contributed by atoms with van der Waals surface area (Å²) in [6.45, 7) is 0.972. The van der Waals surface area contributed by atoms with Crippen molar-refractivity contribution >= 4 is 22.6 Å². The molecule has 0 bridgehead atoms. The fourth-order valence-electron chi connectivity index (χ4n) is 2.66. The second-order valence-corrected chi connectivity index (χ2v) is 5.65. The zero-order valence-electron chi connectivity index (χ0n) is 14.1. The first-order valence-electron chi connectivity index (χ1n) is 7.87. The van der Waals surface area contributed by atoms with Gasteiger partial charge in [-0.3, -0.25) is 19.4 Å². The highest BCUT2D eigenvalue weighted by Crippen LogP contribution is 2.09. The molecule has 3 rings (SSSR count). The molecule has 0 aliphatic heterocycles. The van der Waals surface area contributed by atoms with Crippen molar-refractivity contribution in [1.29, 1.82) is 5.41 Å². The topological polar surface area (TPSA) is 101 Å². The molecule has 0 saturated carbocycles. The molecule has 3 aromatic heterocycles. The highest BCUT2D eigenvalue weighted by atomic mass is 16.5. The smallest absolute Gasteiger partial charge is 0.267 e. The number of aryl methyl sites for hydroxylation is 1. The summed E-state index contributed by atoms with van der Waals surface area (Å²) in [6.07, 6.45) is 2.30. The molecule has 0 unspecified atom stereocenters. The fraction of sp³-hybridized carbons (Fsp3) is 0.294. The Labute approximate surface area is 143 Å². The van der Waals surface area contributed by atoms with Crippen LogP contribution in [0.1, 0.15) is 16.8 Å². The van der Waals surface area contributed by atoms with Crippen molar-refractivity contribution < 1.29 is 9.53 Å². The number of nitrogens with zero attached hydrogens (tertiary/aromatic N) is 3. The average Bonchev–Trinajstić information content (AvgIpc) is 2.62. The number of hydrogen-bond donors (Lipinski definition) is 2. The second kappa shape index (κ2) is 6.86. The Bertz CT molecular complexity index is 1070. The normalized spacial score (nSPS) is 11.1. The van der Waals surface area contributed by atoms with E-state index in [1.165, 1.54) is 15.0 Å². The van der Waals surface area contributed by atoms with Gasteiger partial charge in [-0.05, 0) is 24.6 Å². The van der Waals surface area contributed by atoms with E-state index >= 15 is 0 Å². The van der Waals surface area contributed by atoms with Crippen LogP contribution in [0.3, 0.4) is 0 Å². The lowest BCUT2D eigenvalue weighted by molar-refractivity contribution is 0.0946. The Balaban J connectivity index is 2.12. The van der Waals surface area contributed by atoms with Crippen molar-refractivity contribution in [2.75, 3.05) is 20.3 Å². The van der Waals surface area contributed by atoms with E-state index in [1.807, 2.05) is 0 Å². The first-order valence-corrected chi connectivity index (χ1v) is 7.87. The molecular formula is C17H19N5O3. The van der Waals surface area contributed by atoms with E-state index in [0.29, 0.717) is 36.3 Å². The Kier molecular flexibility index (Phi) is 4.62. The minimum absolute atomic E-state index is 0.00363. The van der Waals surface area contributed by atoms with Crippen LogP contribution in [0.5, 0.6) is 0 Å². The Morgan fingerprint density at radius 1 is 1.40 bits per heavy atom. The molecule has 8 heteroatoms. The number of nitrogens with one attached hydrogen (secondary N) is 2. The molecule has 0 aliphatic rings. The van der Waals surface area contributed by atoms with E-state index in [9.17, 15) is 9.59 Å². The number of hydrogen-bond acceptors (Lipinski definition) is 5. The largest absolute Gasteiger partial charge is 0.385 e. The lowest BCUT2D eigenvalue weighted by Gasteiger charge is -2.11. The highest BCUT2D eigenvalue weighted by molar-refractivity contribution is 5.96. The molecule has 0 spiro atoms. The molecule has 2 N–H and O–H groups in total.